The van der Waals surface area contributed by atoms with E-state index in [4.69, 9.17) is 5.73 Å². The Morgan fingerprint density at radius 2 is 2.40 bits per heavy atom. The van der Waals surface area contributed by atoms with Gasteiger partial charge in [0.15, 0.2) is 0 Å². The van der Waals surface area contributed by atoms with Crippen LogP contribution in [0, 0.1) is 0 Å². The molecule has 0 aromatic rings. The molecule has 2 N–H and O–H groups in total. The zero-order valence-corrected chi connectivity index (χ0v) is 3.78. The van der Waals surface area contributed by atoms with Crippen molar-refractivity contribution in [2.75, 3.05) is 6.54 Å². The van der Waals surface area contributed by atoms with E-state index in [1.807, 2.05) is 0 Å². The molecule has 0 aromatic carbocycles. The molecular weight excluding hydrogens is 82.1 g/mol. The summed E-state index contributed by atoms with van der Waals surface area (Å²) < 4.78 is 0. The van der Waals surface area contributed by atoms with Gasteiger partial charge < -0.3 is 5.73 Å². The summed E-state index contributed by atoms with van der Waals surface area (Å²) in [6.07, 6.45) is 1.77. The van der Waals surface area contributed by atoms with Crippen molar-refractivity contribution in [3.8, 4) is 0 Å². The third kappa shape index (κ3) is 4.05. The van der Waals surface area contributed by atoms with Crippen LogP contribution < -0.4 is 5.73 Å². The molecule has 0 heterocycles. The first-order valence-electron chi connectivity index (χ1n) is 1.41. The average Bonchev–Trinajstić information content (AvgIpc) is 1.41. The quantitative estimate of drug-likeness (QED) is 0.446. The highest BCUT2D eigenvalue weighted by molar-refractivity contribution is 7.83. The lowest BCUT2D eigenvalue weighted by Crippen LogP contribution is -1.90. The van der Waals surface area contributed by atoms with Crippen molar-refractivity contribution < 1.29 is 0 Å². The summed E-state index contributed by atoms with van der Waals surface area (Å²) in [6.45, 7) is 0.587. The Morgan fingerprint density at radius 1 is 1.80 bits per heavy atom. The van der Waals surface area contributed by atoms with Gasteiger partial charge in [-0.3, -0.25) is 0 Å². The Balaban J connectivity index is 2.62. The molecule has 0 unspecified atom stereocenters. The summed E-state index contributed by atoms with van der Waals surface area (Å²) in [7, 11) is 0. The average molecular weight is 89.2 g/mol. The van der Waals surface area contributed by atoms with E-state index >= 15 is 0 Å². The lowest BCUT2D eigenvalue weighted by Gasteiger charge is -1.66. The van der Waals surface area contributed by atoms with Crippen LogP contribution in [0.2, 0.25) is 0 Å². The van der Waals surface area contributed by atoms with Crippen molar-refractivity contribution >= 4 is 12.6 Å². The Hall–Kier alpha value is 0.0500. The number of rotatable bonds is 1. The molecule has 0 aliphatic heterocycles. The van der Waals surface area contributed by atoms with Crippen LogP contribution in [0.3, 0.4) is 0 Å². The molecular formula is C3H7NS. The first kappa shape index (κ1) is 5.05. The molecule has 0 aliphatic carbocycles. The van der Waals surface area contributed by atoms with Gasteiger partial charge in [0.05, 0.1) is 0 Å². The second kappa shape index (κ2) is 4.05. The Bertz CT molecular complexity index is 33.9. The molecule has 0 saturated carbocycles. The SMILES string of the molecule is NC/C=C\S. The van der Waals surface area contributed by atoms with Crippen LogP contribution in [0.1, 0.15) is 0 Å². The van der Waals surface area contributed by atoms with Crippen molar-refractivity contribution in [1.82, 2.24) is 0 Å². The van der Waals surface area contributed by atoms with E-state index in [2.05, 4.69) is 12.6 Å². The summed E-state index contributed by atoms with van der Waals surface area (Å²) in [5, 5.41) is 1.62. The second-order valence-corrected chi connectivity index (χ2v) is 0.919. The molecule has 0 fully saturated rings. The van der Waals surface area contributed by atoms with E-state index in [-0.39, 0.29) is 0 Å². The topological polar surface area (TPSA) is 26.0 Å². The molecule has 0 spiro atoms. The van der Waals surface area contributed by atoms with Crippen LogP contribution in [0.25, 0.3) is 0 Å². The number of thiol groups is 1. The highest BCUT2D eigenvalue weighted by Gasteiger charge is 1.51. The number of hydrogen-bond donors (Lipinski definition) is 2. The van der Waals surface area contributed by atoms with Gasteiger partial charge >= 0.3 is 0 Å². The summed E-state index contributed by atoms with van der Waals surface area (Å²) in [6, 6.07) is 0. The summed E-state index contributed by atoms with van der Waals surface area (Å²) in [5.41, 5.74) is 5.00. The minimum Gasteiger partial charge on any atom is -0.327 e. The van der Waals surface area contributed by atoms with Crippen molar-refractivity contribution in [1.29, 1.82) is 0 Å². The Labute approximate surface area is 37.3 Å². The van der Waals surface area contributed by atoms with Crippen LogP contribution >= 0.6 is 12.6 Å². The highest BCUT2D eigenvalue weighted by atomic mass is 32.1. The van der Waals surface area contributed by atoms with E-state index in [0.29, 0.717) is 6.54 Å². The fourth-order valence-electron chi connectivity index (χ4n) is 0.0609. The highest BCUT2D eigenvalue weighted by Crippen LogP contribution is 1.69. The molecule has 0 rings (SSSR count). The van der Waals surface area contributed by atoms with Gasteiger partial charge in [0.25, 0.3) is 0 Å². The molecule has 0 aromatic heterocycles. The molecule has 30 valence electrons. The molecule has 0 amide bonds. The Morgan fingerprint density at radius 3 is 2.40 bits per heavy atom. The minimum absolute atomic E-state index is 0.587. The first-order chi connectivity index (χ1) is 2.41. The standard InChI is InChI=1S/C3H7NS/c4-2-1-3-5/h1,3,5H,2,4H2/b3-1-. The van der Waals surface area contributed by atoms with E-state index in [9.17, 15) is 0 Å². The zero-order valence-electron chi connectivity index (χ0n) is 2.89. The normalized spacial score (nSPS) is 10.0. The second-order valence-electron chi connectivity index (χ2n) is 0.620. The zero-order chi connectivity index (χ0) is 4.12. The molecule has 5 heavy (non-hydrogen) atoms. The fourth-order valence-corrected chi connectivity index (χ4v) is 0.183. The molecule has 0 radical (unpaired) electrons. The van der Waals surface area contributed by atoms with E-state index in [1.54, 1.807) is 11.5 Å². The summed E-state index contributed by atoms with van der Waals surface area (Å²) in [5.74, 6) is 0. The lowest BCUT2D eigenvalue weighted by atomic mass is 10.7. The molecule has 1 nitrogen and oxygen atoms in total. The predicted molar refractivity (Wildman–Crippen MR) is 27.2 cm³/mol. The van der Waals surface area contributed by atoms with Crippen molar-refractivity contribution in [2.45, 2.75) is 0 Å². The van der Waals surface area contributed by atoms with Gasteiger partial charge in [-0.25, -0.2) is 0 Å². The fraction of sp³-hybridized carbons (Fsp3) is 0.333. The molecule has 0 saturated heterocycles. The summed E-state index contributed by atoms with van der Waals surface area (Å²) >= 11 is 3.74. The number of nitrogens with two attached hydrogens (primary N) is 1. The van der Waals surface area contributed by atoms with Crippen LogP contribution in [-0.2, 0) is 0 Å². The van der Waals surface area contributed by atoms with Gasteiger partial charge in [-0.15, -0.1) is 0 Å². The summed E-state index contributed by atoms with van der Waals surface area (Å²) in [4.78, 5) is 0. The predicted octanol–water partition coefficient (Wildman–Crippen LogP) is 0.389. The van der Waals surface area contributed by atoms with E-state index in [1.165, 1.54) is 0 Å². The maximum Gasteiger partial charge on any atom is 0.0114 e. The van der Waals surface area contributed by atoms with E-state index < -0.39 is 0 Å². The molecule has 0 atom stereocenters. The third-order valence-electron chi connectivity index (χ3n) is 0.241. The van der Waals surface area contributed by atoms with Crippen molar-refractivity contribution in [3.63, 3.8) is 0 Å². The van der Waals surface area contributed by atoms with Crippen LogP contribution in [0.5, 0.6) is 0 Å². The minimum atomic E-state index is 0.587. The Kier molecular flexibility index (Phi) is 4.09. The lowest BCUT2D eigenvalue weighted by molar-refractivity contribution is 1.26. The van der Waals surface area contributed by atoms with Crippen LogP contribution in [0.4, 0.5) is 0 Å². The largest absolute Gasteiger partial charge is 0.327 e. The number of hydrogen-bond acceptors (Lipinski definition) is 2. The van der Waals surface area contributed by atoms with E-state index in [0.717, 1.165) is 0 Å². The van der Waals surface area contributed by atoms with Crippen LogP contribution in [-0.4, -0.2) is 6.54 Å². The third-order valence-corrected chi connectivity index (χ3v) is 0.452. The molecule has 2 heteroatoms. The van der Waals surface area contributed by atoms with Crippen LogP contribution in [0.15, 0.2) is 11.5 Å². The van der Waals surface area contributed by atoms with Gasteiger partial charge in [0.2, 0.25) is 0 Å². The maximum absolute atomic E-state index is 5.00. The van der Waals surface area contributed by atoms with Crippen molar-refractivity contribution in [2.24, 2.45) is 5.73 Å². The molecule has 0 aliphatic rings. The van der Waals surface area contributed by atoms with Gasteiger partial charge in [-0.2, -0.15) is 12.6 Å². The van der Waals surface area contributed by atoms with Gasteiger partial charge in [-0.1, -0.05) is 6.08 Å². The molecule has 0 bridgehead atoms. The van der Waals surface area contributed by atoms with Gasteiger partial charge in [0, 0.05) is 6.54 Å². The maximum atomic E-state index is 5.00. The smallest absolute Gasteiger partial charge is 0.0114 e. The van der Waals surface area contributed by atoms with Gasteiger partial charge in [-0.05, 0) is 5.41 Å². The van der Waals surface area contributed by atoms with Gasteiger partial charge in [0.1, 0.15) is 0 Å². The van der Waals surface area contributed by atoms with Crippen molar-refractivity contribution in [3.05, 3.63) is 11.5 Å². The first-order valence-corrected chi connectivity index (χ1v) is 1.92. The monoisotopic (exact) mass is 89.0 g/mol.